The van der Waals surface area contributed by atoms with E-state index < -0.39 is 5.82 Å². The van der Waals surface area contributed by atoms with E-state index in [1.807, 2.05) is 0 Å². The SMILES string of the molecule is CC(=O)NC[C@H]1CNCCOC1c1ccc(F)c(Cl)c1. The summed E-state index contributed by atoms with van der Waals surface area (Å²) in [6, 6.07) is 4.61. The Labute approximate surface area is 122 Å². The molecule has 0 radical (unpaired) electrons. The van der Waals surface area contributed by atoms with Crippen molar-refractivity contribution >= 4 is 17.5 Å². The van der Waals surface area contributed by atoms with E-state index in [1.54, 1.807) is 12.1 Å². The third-order valence-corrected chi connectivity index (χ3v) is 3.59. The molecule has 1 fully saturated rings. The molecule has 0 spiro atoms. The van der Waals surface area contributed by atoms with E-state index in [1.165, 1.54) is 13.0 Å². The maximum absolute atomic E-state index is 13.3. The van der Waals surface area contributed by atoms with E-state index >= 15 is 0 Å². The minimum Gasteiger partial charge on any atom is -0.372 e. The van der Waals surface area contributed by atoms with Crippen LogP contribution >= 0.6 is 11.6 Å². The van der Waals surface area contributed by atoms with E-state index in [-0.39, 0.29) is 23.0 Å². The van der Waals surface area contributed by atoms with Gasteiger partial charge in [-0.25, -0.2) is 4.39 Å². The Morgan fingerprint density at radius 2 is 2.40 bits per heavy atom. The summed E-state index contributed by atoms with van der Waals surface area (Å²) in [6.07, 6.45) is -0.213. The van der Waals surface area contributed by atoms with Crippen LogP contribution in [-0.4, -0.2) is 32.1 Å². The Bertz CT molecular complexity index is 484. The lowest BCUT2D eigenvalue weighted by Gasteiger charge is -2.25. The van der Waals surface area contributed by atoms with Gasteiger partial charge in [-0.3, -0.25) is 4.79 Å². The van der Waals surface area contributed by atoms with Crippen LogP contribution in [0.5, 0.6) is 0 Å². The molecule has 6 heteroatoms. The van der Waals surface area contributed by atoms with E-state index in [0.29, 0.717) is 13.2 Å². The second-order valence-corrected chi connectivity index (χ2v) is 5.27. The number of hydrogen-bond acceptors (Lipinski definition) is 3. The maximum Gasteiger partial charge on any atom is 0.216 e. The van der Waals surface area contributed by atoms with Crippen LogP contribution in [0.1, 0.15) is 18.6 Å². The quantitative estimate of drug-likeness (QED) is 0.896. The minimum absolute atomic E-state index is 0.0722. The molecule has 1 aliphatic rings. The van der Waals surface area contributed by atoms with E-state index in [2.05, 4.69) is 10.6 Å². The number of carbonyl (C=O) groups excluding carboxylic acids is 1. The van der Waals surface area contributed by atoms with Crippen molar-refractivity contribution < 1.29 is 13.9 Å². The number of carbonyl (C=O) groups is 1. The molecular weight excluding hydrogens is 283 g/mol. The second-order valence-electron chi connectivity index (χ2n) is 4.87. The van der Waals surface area contributed by atoms with Crippen molar-refractivity contribution in [2.45, 2.75) is 13.0 Å². The third kappa shape index (κ3) is 3.91. The van der Waals surface area contributed by atoms with Gasteiger partial charge in [-0.15, -0.1) is 0 Å². The fourth-order valence-corrected chi connectivity index (χ4v) is 2.49. The Morgan fingerprint density at radius 3 is 3.10 bits per heavy atom. The van der Waals surface area contributed by atoms with Crippen molar-refractivity contribution in [2.24, 2.45) is 5.92 Å². The van der Waals surface area contributed by atoms with Gasteiger partial charge in [0.1, 0.15) is 5.82 Å². The molecule has 2 rings (SSSR count). The average molecular weight is 301 g/mol. The first-order valence-electron chi connectivity index (χ1n) is 6.59. The molecule has 110 valence electrons. The Balaban J connectivity index is 2.18. The first-order valence-corrected chi connectivity index (χ1v) is 6.97. The van der Waals surface area contributed by atoms with E-state index in [0.717, 1.165) is 18.7 Å². The van der Waals surface area contributed by atoms with Crippen LogP contribution in [0.15, 0.2) is 18.2 Å². The van der Waals surface area contributed by atoms with Crippen molar-refractivity contribution in [2.75, 3.05) is 26.2 Å². The standard InChI is InChI=1S/C14H18ClFN2O2/c1-9(19)18-8-11-7-17-4-5-20-14(11)10-2-3-13(16)12(15)6-10/h2-3,6,11,14,17H,4-5,7-8H2,1H3,(H,18,19)/t11-,14?/m1/s1. The minimum atomic E-state index is -0.444. The molecule has 4 nitrogen and oxygen atoms in total. The second kappa shape index (κ2) is 7.02. The van der Waals surface area contributed by atoms with Crippen LogP contribution in [-0.2, 0) is 9.53 Å². The van der Waals surface area contributed by atoms with Crippen molar-refractivity contribution in [1.82, 2.24) is 10.6 Å². The summed E-state index contributed by atoms with van der Waals surface area (Å²) < 4.78 is 19.1. The molecule has 2 atom stereocenters. The van der Waals surface area contributed by atoms with Gasteiger partial charge in [0.25, 0.3) is 0 Å². The van der Waals surface area contributed by atoms with Crippen molar-refractivity contribution in [3.05, 3.63) is 34.6 Å². The van der Waals surface area contributed by atoms with E-state index in [4.69, 9.17) is 16.3 Å². The molecule has 0 aliphatic carbocycles. The van der Waals surface area contributed by atoms with Crippen LogP contribution in [0.2, 0.25) is 5.02 Å². The van der Waals surface area contributed by atoms with Crippen molar-refractivity contribution in [3.8, 4) is 0 Å². The van der Waals surface area contributed by atoms with Crippen molar-refractivity contribution in [1.29, 1.82) is 0 Å². The number of ether oxygens (including phenoxy) is 1. The van der Waals surface area contributed by atoms with Crippen LogP contribution in [0.25, 0.3) is 0 Å². The van der Waals surface area contributed by atoms with Crippen LogP contribution in [0.3, 0.4) is 0 Å². The highest BCUT2D eigenvalue weighted by Gasteiger charge is 2.26. The average Bonchev–Trinajstić information content (AvgIpc) is 2.65. The lowest BCUT2D eigenvalue weighted by Crippen LogP contribution is -2.35. The summed E-state index contributed by atoms with van der Waals surface area (Å²) in [5.74, 6) is -0.450. The van der Waals surface area contributed by atoms with Crippen molar-refractivity contribution in [3.63, 3.8) is 0 Å². The molecule has 1 aromatic rings. The van der Waals surface area contributed by atoms with E-state index in [9.17, 15) is 9.18 Å². The topological polar surface area (TPSA) is 50.4 Å². The van der Waals surface area contributed by atoms with Gasteiger partial charge in [0.2, 0.25) is 5.91 Å². The molecule has 0 bridgehead atoms. The molecular formula is C14H18ClFN2O2. The molecule has 1 unspecified atom stereocenters. The van der Waals surface area contributed by atoms with Gasteiger partial charge in [-0.1, -0.05) is 17.7 Å². The number of benzene rings is 1. The third-order valence-electron chi connectivity index (χ3n) is 3.30. The zero-order chi connectivity index (χ0) is 14.5. The highest BCUT2D eigenvalue weighted by molar-refractivity contribution is 6.30. The van der Waals surface area contributed by atoms with Gasteiger partial charge in [0, 0.05) is 32.5 Å². The maximum atomic E-state index is 13.3. The molecule has 1 aliphatic heterocycles. The van der Waals surface area contributed by atoms with Gasteiger partial charge in [-0.2, -0.15) is 0 Å². The van der Waals surface area contributed by atoms with Gasteiger partial charge in [0.05, 0.1) is 17.7 Å². The summed E-state index contributed by atoms with van der Waals surface area (Å²) in [5, 5.41) is 6.15. The molecule has 0 saturated carbocycles. The molecule has 2 N–H and O–H groups in total. The number of hydrogen-bond donors (Lipinski definition) is 2. The largest absolute Gasteiger partial charge is 0.372 e. The molecule has 20 heavy (non-hydrogen) atoms. The first kappa shape index (κ1) is 15.2. The number of amides is 1. The fraction of sp³-hybridized carbons (Fsp3) is 0.500. The summed E-state index contributed by atoms with van der Waals surface area (Å²) in [7, 11) is 0. The number of rotatable bonds is 3. The normalized spacial score (nSPS) is 23.1. The Kier molecular flexibility index (Phi) is 5.34. The number of nitrogens with one attached hydrogen (secondary N) is 2. The zero-order valence-corrected chi connectivity index (χ0v) is 12.0. The molecule has 0 aromatic heterocycles. The molecule has 1 saturated heterocycles. The fourth-order valence-electron chi connectivity index (χ4n) is 2.30. The summed E-state index contributed by atoms with van der Waals surface area (Å²) in [4.78, 5) is 11.1. The van der Waals surface area contributed by atoms with Gasteiger partial charge in [0.15, 0.2) is 0 Å². The molecule has 1 amide bonds. The highest BCUT2D eigenvalue weighted by Crippen LogP contribution is 2.29. The first-order chi connectivity index (χ1) is 9.58. The lowest BCUT2D eigenvalue weighted by atomic mass is 9.95. The predicted octanol–water partition coefficient (Wildman–Crippen LogP) is 1.89. The monoisotopic (exact) mass is 300 g/mol. The Hall–Kier alpha value is -1.17. The van der Waals surface area contributed by atoms with Crippen LogP contribution in [0.4, 0.5) is 4.39 Å². The van der Waals surface area contributed by atoms with Crippen LogP contribution < -0.4 is 10.6 Å². The molecule has 1 aromatic carbocycles. The zero-order valence-electron chi connectivity index (χ0n) is 11.3. The molecule has 1 heterocycles. The van der Waals surface area contributed by atoms with Gasteiger partial charge in [-0.05, 0) is 17.7 Å². The van der Waals surface area contributed by atoms with Gasteiger partial charge < -0.3 is 15.4 Å². The summed E-state index contributed by atoms with van der Waals surface area (Å²) in [5.41, 5.74) is 0.829. The smallest absolute Gasteiger partial charge is 0.216 e. The summed E-state index contributed by atoms with van der Waals surface area (Å²) in [6.45, 7) is 4.02. The van der Waals surface area contributed by atoms with Gasteiger partial charge >= 0.3 is 0 Å². The lowest BCUT2D eigenvalue weighted by molar-refractivity contribution is -0.119. The predicted molar refractivity (Wildman–Crippen MR) is 75.1 cm³/mol. The summed E-state index contributed by atoms with van der Waals surface area (Å²) >= 11 is 5.83. The number of halogens is 2. The van der Waals surface area contributed by atoms with Crippen LogP contribution in [0, 0.1) is 11.7 Å². The highest BCUT2D eigenvalue weighted by atomic mass is 35.5. The Morgan fingerprint density at radius 1 is 1.60 bits per heavy atom.